The van der Waals surface area contributed by atoms with Crippen molar-refractivity contribution in [3.8, 4) is 28.3 Å². The van der Waals surface area contributed by atoms with Gasteiger partial charge in [-0.15, -0.1) is 0 Å². The third-order valence-corrected chi connectivity index (χ3v) is 9.61. The summed E-state index contributed by atoms with van der Waals surface area (Å²) in [6.07, 6.45) is 18.9. The van der Waals surface area contributed by atoms with Gasteiger partial charge in [0.2, 0.25) is 5.95 Å². The number of allylic oxidation sites excluding steroid dienone is 7. The lowest BCUT2D eigenvalue weighted by Crippen LogP contribution is -2.31. The molecule has 0 radical (unpaired) electrons. The lowest BCUT2D eigenvalue weighted by Gasteiger charge is -2.12. The van der Waals surface area contributed by atoms with Gasteiger partial charge in [0, 0.05) is 44.5 Å². The molecule has 0 atom stereocenters. The minimum Gasteiger partial charge on any atom is -0.337 e. The molecule has 0 saturated carbocycles. The van der Waals surface area contributed by atoms with Crippen molar-refractivity contribution < 1.29 is 0 Å². The van der Waals surface area contributed by atoms with E-state index in [1.165, 1.54) is 48.9 Å². The van der Waals surface area contributed by atoms with E-state index in [9.17, 15) is 0 Å². The van der Waals surface area contributed by atoms with E-state index < -0.39 is 0 Å². The maximum atomic E-state index is 5.22. The van der Waals surface area contributed by atoms with Crippen molar-refractivity contribution in [1.29, 1.82) is 0 Å². The quantitative estimate of drug-likeness (QED) is 0.156. The summed E-state index contributed by atoms with van der Waals surface area (Å²) in [5.74, 6) is 0.696. The molecule has 0 bridgehead atoms. The Bertz CT molecular complexity index is 2610. The average Bonchev–Trinajstić information content (AvgIpc) is 3.66. The first-order chi connectivity index (χ1) is 24.1. The Balaban J connectivity index is 1.32. The summed E-state index contributed by atoms with van der Waals surface area (Å²) in [4.78, 5) is 10.4. The molecule has 49 heavy (non-hydrogen) atoms. The number of para-hydroxylation sites is 1. The van der Waals surface area contributed by atoms with Gasteiger partial charge < -0.3 is 4.57 Å². The highest BCUT2D eigenvalue weighted by Gasteiger charge is 2.18. The molecule has 3 heterocycles. The van der Waals surface area contributed by atoms with Crippen LogP contribution in [0.3, 0.4) is 0 Å². The first-order valence-corrected chi connectivity index (χ1v) is 17.0. The molecule has 238 valence electrons. The average molecular weight is 635 g/mol. The maximum absolute atomic E-state index is 5.22. The molecule has 0 N–H and O–H groups in total. The Kier molecular flexibility index (Phi) is 7.98. The van der Waals surface area contributed by atoms with Crippen molar-refractivity contribution in [2.45, 2.75) is 33.2 Å². The molecule has 8 rings (SSSR count). The van der Waals surface area contributed by atoms with Gasteiger partial charge in [0.15, 0.2) is 0 Å². The van der Waals surface area contributed by atoms with Gasteiger partial charge in [-0.25, -0.2) is 9.97 Å². The summed E-state index contributed by atoms with van der Waals surface area (Å²) >= 11 is 0. The van der Waals surface area contributed by atoms with Gasteiger partial charge in [0.1, 0.15) is 0 Å². The van der Waals surface area contributed by atoms with Gasteiger partial charge >= 0.3 is 0 Å². The predicted molar refractivity (Wildman–Crippen MR) is 208 cm³/mol. The van der Waals surface area contributed by atoms with Crippen LogP contribution in [0.15, 0.2) is 140 Å². The Labute approximate surface area is 286 Å². The Morgan fingerprint density at radius 3 is 2.35 bits per heavy atom. The fourth-order valence-electron chi connectivity index (χ4n) is 7.05. The molecule has 4 heteroatoms. The third kappa shape index (κ3) is 5.45. The molecule has 0 fully saturated rings. The van der Waals surface area contributed by atoms with Crippen LogP contribution in [0.25, 0.3) is 78.8 Å². The van der Waals surface area contributed by atoms with Crippen LogP contribution in [0.1, 0.15) is 32.4 Å². The fourth-order valence-corrected chi connectivity index (χ4v) is 7.05. The zero-order valence-electron chi connectivity index (χ0n) is 28.0. The normalized spacial score (nSPS) is 13.4. The lowest BCUT2D eigenvalue weighted by atomic mass is 10.0. The molecule has 0 saturated heterocycles. The van der Waals surface area contributed by atoms with Gasteiger partial charge in [-0.3, -0.25) is 4.57 Å². The molecular weight excluding hydrogens is 597 g/mol. The van der Waals surface area contributed by atoms with E-state index >= 15 is 0 Å². The van der Waals surface area contributed by atoms with Gasteiger partial charge in [0.25, 0.3) is 0 Å². The molecule has 0 aliphatic heterocycles. The van der Waals surface area contributed by atoms with E-state index in [1.807, 2.05) is 18.2 Å². The van der Waals surface area contributed by atoms with Crippen molar-refractivity contribution in [3.63, 3.8) is 0 Å². The summed E-state index contributed by atoms with van der Waals surface area (Å²) in [5, 5.41) is 6.17. The number of fused-ring (bicyclic) bond motifs is 6. The summed E-state index contributed by atoms with van der Waals surface area (Å²) in [6, 6.07) is 34.9. The summed E-state index contributed by atoms with van der Waals surface area (Å²) < 4.78 is 4.67. The van der Waals surface area contributed by atoms with E-state index in [-0.39, 0.29) is 0 Å². The highest BCUT2D eigenvalue weighted by Crippen LogP contribution is 2.34. The number of benzene rings is 4. The summed E-state index contributed by atoms with van der Waals surface area (Å²) in [5.41, 5.74) is 9.99. The number of aromatic nitrogens is 4. The molecule has 0 spiro atoms. The fraction of sp³-hybridized carbons (Fsp3) is 0.111. The van der Waals surface area contributed by atoms with Gasteiger partial charge in [-0.05, 0) is 73.7 Å². The van der Waals surface area contributed by atoms with E-state index in [4.69, 9.17) is 9.97 Å². The molecular formula is C45H38N4. The second-order valence-corrected chi connectivity index (χ2v) is 12.5. The van der Waals surface area contributed by atoms with Crippen molar-refractivity contribution in [3.05, 3.63) is 156 Å². The van der Waals surface area contributed by atoms with Crippen molar-refractivity contribution in [2.24, 2.45) is 0 Å². The second kappa shape index (κ2) is 12.9. The van der Waals surface area contributed by atoms with Crippen LogP contribution >= 0.6 is 0 Å². The largest absolute Gasteiger partial charge is 0.337 e. The summed E-state index contributed by atoms with van der Waals surface area (Å²) in [7, 11) is 0. The van der Waals surface area contributed by atoms with Gasteiger partial charge in [0.05, 0.1) is 22.3 Å². The lowest BCUT2D eigenvalue weighted by molar-refractivity contribution is 0.899. The zero-order chi connectivity index (χ0) is 33.3. The molecule has 0 amide bonds. The number of nitrogens with zero attached hydrogens (tertiary/aromatic N) is 4. The van der Waals surface area contributed by atoms with E-state index in [2.05, 4.69) is 151 Å². The number of hydrogen-bond donors (Lipinski definition) is 0. The molecule has 4 aromatic carbocycles. The van der Waals surface area contributed by atoms with Crippen LogP contribution < -0.4 is 10.6 Å². The Morgan fingerprint density at radius 1 is 0.714 bits per heavy atom. The van der Waals surface area contributed by atoms with Gasteiger partial charge in [-0.2, -0.15) is 0 Å². The molecule has 4 nitrogen and oxygen atoms in total. The molecule has 0 unspecified atom stereocenters. The number of rotatable bonds is 8. The topological polar surface area (TPSA) is 35.6 Å². The van der Waals surface area contributed by atoms with E-state index in [1.54, 1.807) is 6.08 Å². The van der Waals surface area contributed by atoms with Crippen molar-refractivity contribution >= 4 is 50.4 Å². The van der Waals surface area contributed by atoms with E-state index in [0.717, 1.165) is 47.4 Å². The smallest absolute Gasteiger partial charge is 0.235 e. The standard InChI is InChI=1S/C45H38N4/c1-4-6-7-8-16-27-48-41-21-14-12-20-36(41)38-28-33(24-26-42(38)48)34-23-25-37-35-19-13-15-22-43(35)49(44(37)29-34)45-46-39(31(3)5-2)30-40(47-45)32-17-10-9-11-18-32/h4-12,14,16-26,28-30H,1,13,15,27H2,2-3H3/b7-6-,16-8-,31-5+. The van der Waals surface area contributed by atoms with E-state index in [0.29, 0.717) is 5.95 Å². The molecule has 1 aliphatic rings. The van der Waals surface area contributed by atoms with Crippen LogP contribution in [0.4, 0.5) is 0 Å². The molecule has 7 aromatic rings. The van der Waals surface area contributed by atoms with Crippen LogP contribution in [-0.4, -0.2) is 19.1 Å². The Hall–Kier alpha value is -6.00. The first kappa shape index (κ1) is 30.3. The monoisotopic (exact) mass is 634 g/mol. The third-order valence-electron chi connectivity index (χ3n) is 9.61. The van der Waals surface area contributed by atoms with Crippen LogP contribution in [0.2, 0.25) is 0 Å². The minimum absolute atomic E-state index is 0.696. The molecule has 3 aromatic heterocycles. The first-order valence-electron chi connectivity index (χ1n) is 17.0. The SMILES string of the molecule is C=C/C=C\C=C/Cn1c2ccccc2c2cc(-c3ccc4c5c(n(-c6nc(/C(C)=C/C)cc(-c7ccccc7)n6)c4c3)=CCCC=5)ccc21. The van der Waals surface area contributed by atoms with Crippen LogP contribution in [0, 0.1) is 0 Å². The maximum Gasteiger partial charge on any atom is 0.235 e. The highest BCUT2D eigenvalue weighted by molar-refractivity contribution is 6.09. The van der Waals surface area contributed by atoms with Crippen molar-refractivity contribution in [2.75, 3.05) is 0 Å². The second-order valence-electron chi connectivity index (χ2n) is 12.5. The highest BCUT2D eigenvalue weighted by atomic mass is 15.2. The zero-order valence-corrected chi connectivity index (χ0v) is 28.0. The Morgan fingerprint density at radius 2 is 1.49 bits per heavy atom. The predicted octanol–water partition coefficient (Wildman–Crippen LogP) is 9.94. The van der Waals surface area contributed by atoms with Crippen molar-refractivity contribution in [1.82, 2.24) is 19.1 Å². The van der Waals surface area contributed by atoms with Crippen LogP contribution in [0.5, 0.6) is 0 Å². The summed E-state index contributed by atoms with van der Waals surface area (Å²) in [6.45, 7) is 8.74. The molecule has 1 aliphatic carbocycles. The van der Waals surface area contributed by atoms with Gasteiger partial charge in [-0.1, -0.05) is 122 Å². The van der Waals surface area contributed by atoms with Crippen LogP contribution in [-0.2, 0) is 6.54 Å². The number of hydrogen-bond acceptors (Lipinski definition) is 2. The minimum atomic E-state index is 0.696.